The predicted octanol–water partition coefficient (Wildman–Crippen LogP) is -0.000580. The van der Waals surface area contributed by atoms with Crippen LogP contribution in [0.4, 0.5) is 4.39 Å². The second kappa shape index (κ2) is 6.80. The van der Waals surface area contributed by atoms with Crippen LogP contribution in [0.25, 0.3) is 0 Å². The molecule has 1 saturated heterocycles. The van der Waals surface area contributed by atoms with Crippen molar-refractivity contribution in [2.75, 3.05) is 13.1 Å². The first-order valence-electron chi connectivity index (χ1n) is 7.22. The fourth-order valence-electron chi connectivity index (χ4n) is 2.43. The molecule has 2 atom stereocenters. The molecule has 1 aliphatic heterocycles. The van der Waals surface area contributed by atoms with Gasteiger partial charge in [0.15, 0.2) is 0 Å². The van der Waals surface area contributed by atoms with E-state index in [0.717, 1.165) is 0 Å². The van der Waals surface area contributed by atoms with Crippen LogP contribution in [-0.4, -0.2) is 41.2 Å². The lowest BCUT2D eigenvalue weighted by atomic mass is 10.1. The Morgan fingerprint density at radius 1 is 1.52 bits per heavy atom. The number of aromatic nitrogens is 2. The molecule has 0 radical (unpaired) electrons. The fourth-order valence-corrected chi connectivity index (χ4v) is 2.43. The largest absolute Gasteiger partial charge is 0.354 e. The predicted molar refractivity (Wildman–Crippen MR) is 77.0 cm³/mol. The molecule has 0 aromatic carbocycles. The van der Waals surface area contributed by atoms with Gasteiger partial charge in [-0.15, -0.1) is 0 Å². The van der Waals surface area contributed by atoms with Gasteiger partial charge < -0.3 is 15.6 Å². The highest BCUT2D eigenvalue weighted by molar-refractivity contribution is 5.78. The molecule has 2 rings (SSSR count). The van der Waals surface area contributed by atoms with E-state index < -0.39 is 6.17 Å². The lowest BCUT2D eigenvalue weighted by Crippen LogP contribution is -2.38. The van der Waals surface area contributed by atoms with Crippen molar-refractivity contribution in [1.29, 1.82) is 0 Å². The number of amides is 1. The number of H-pyrrole nitrogens is 1. The number of nitrogens with one attached hydrogen (secondary N) is 3. The molecule has 7 heteroatoms. The summed E-state index contributed by atoms with van der Waals surface area (Å²) in [5.74, 6) is 0.365. The summed E-state index contributed by atoms with van der Waals surface area (Å²) in [6, 6.07) is -0.0380. The van der Waals surface area contributed by atoms with Crippen LogP contribution >= 0.6 is 0 Å². The van der Waals surface area contributed by atoms with Crippen LogP contribution < -0.4 is 16.2 Å². The van der Waals surface area contributed by atoms with Gasteiger partial charge in [-0.2, -0.15) is 0 Å². The zero-order valence-electron chi connectivity index (χ0n) is 12.3. The minimum atomic E-state index is -0.845. The summed E-state index contributed by atoms with van der Waals surface area (Å²) in [7, 11) is 0. The monoisotopic (exact) mass is 296 g/mol. The van der Waals surface area contributed by atoms with Crippen LogP contribution in [0.2, 0.25) is 0 Å². The quantitative estimate of drug-likeness (QED) is 0.714. The summed E-state index contributed by atoms with van der Waals surface area (Å²) >= 11 is 0. The number of carbonyl (C=O) groups excluding carboxylic acids is 1. The number of carbonyl (C=O) groups is 1. The number of hydrogen-bond donors (Lipinski definition) is 3. The molecule has 1 aliphatic rings. The van der Waals surface area contributed by atoms with Crippen LogP contribution in [-0.2, 0) is 17.6 Å². The van der Waals surface area contributed by atoms with Crippen molar-refractivity contribution in [3.8, 4) is 0 Å². The SMILES string of the molecule is CCc1nc(C)c(CC(=O)NC[C@@H]2C[C@H](F)CN2)c(=O)[nH]1. The number of alkyl halides is 1. The van der Waals surface area contributed by atoms with Crippen LogP contribution in [0.1, 0.15) is 30.4 Å². The van der Waals surface area contributed by atoms with E-state index in [2.05, 4.69) is 20.6 Å². The van der Waals surface area contributed by atoms with E-state index in [1.54, 1.807) is 6.92 Å². The third-order valence-corrected chi connectivity index (χ3v) is 3.66. The molecule has 1 amide bonds. The Hall–Kier alpha value is -1.76. The zero-order valence-corrected chi connectivity index (χ0v) is 12.3. The number of rotatable bonds is 5. The third kappa shape index (κ3) is 4.10. The second-order valence-corrected chi connectivity index (χ2v) is 5.35. The first-order chi connectivity index (χ1) is 9.99. The molecule has 0 aliphatic carbocycles. The minimum Gasteiger partial charge on any atom is -0.354 e. The summed E-state index contributed by atoms with van der Waals surface area (Å²) in [4.78, 5) is 30.7. The van der Waals surface area contributed by atoms with Crippen LogP contribution in [0.15, 0.2) is 4.79 Å². The molecule has 21 heavy (non-hydrogen) atoms. The van der Waals surface area contributed by atoms with Gasteiger partial charge in [-0.1, -0.05) is 6.92 Å². The van der Waals surface area contributed by atoms with Gasteiger partial charge in [0.1, 0.15) is 12.0 Å². The molecule has 1 aromatic rings. The van der Waals surface area contributed by atoms with E-state index in [-0.39, 0.29) is 23.9 Å². The van der Waals surface area contributed by atoms with Crippen LogP contribution in [0, 0.1) is 6.92 Å². The molecule has 3 N–H and O–H groups in total. The van der Waals surface area contributed by atoms with Crippen LogP contribution in [0.3, 0.4) is 0 Å². The van der Waals surface area contributed by atoms with E-state index >= 15 is 0 Å². The normalized spacial score (nSPS) is 21.5. The van der Waals surface area contributed by atoms with Crippen LogP contribution in [0.5, 0.6) is 0 Å². The van der Waals surface area contributed by atoms with Crippen molar-refractivity contribution in [3.05, 3.63) is 27.4 Å². The Morgan fingerprint density at radius 3 is 2.86 bits per heavy atom. The summed E-state index contributed by atoms with van der Waals surface area (Å²) in [5, 5.41) is 5.72. The lowest BCUT2D eigenvalue weighted by Gasteiger charge is -2.11. The Labute approximate surface area is 122 Å². The summed E-state index contributed by atoms with van der Waals surface area (Å²) < 4.78 is 13.0. The van der Waals surface area contributed by atoms with Gasteiger partial charge in [0.05, 0.1) is 6.42 Å². The molecule has 0 bridgehead atoms. The molecule has 1 aromatic heterocycles. The van der Waals surface area contributed by atoms with E-state index in [0.29, 0.717) is 43.0 Å². The minimum absolute atomic E-state index is 0.00999. The van der Waals surface area contributed by atoms with Crippen molar-refractivity contribution in [3.63, 3.8) is 0 Å². The maximum atomic E-state index is 13.0. The molecule has 0 unspecified atom stereocenters. The van der Waals surface area contributed by atoms with Gasteiger partial charge in [0.25, 0.3) is 5.56 Å². The van der Waals surface area contributed by atoms with E-state index in [1.165, 1.54) is 0 Å². The fraction of sp³-hybridized carbons (Fsp3) is 0.643. The number of hydrogen-bond acceptors (Lipinski definition) is 4. The highest BCUT2D eigenvalue weighted by Gasteiger charge is 2.23. The topological polar surface area (TPSA) is 86.9 Å². The molecule has 0 spiro atoms. The van der Waals surface area contributed by atoms with E-state index in [1.807, 2.05) is 6.92 Å². The van der Waals surface area contributed by atoms with Gasteiger partial charge >= 0.3 is 0 Å². The van der Waals surface area contributed by atoms with Gasteiger partial charge in [0.2, 0.25) is 5.91 Å². The van der Waals surface area contributed by atoms with Crippen molar-refractivity contribution >= 4 is 5.91 Å². The second-order valence-electron chi connectivity index (χ2n) is 5.35. The first-order valence-corrected chi connectivity index (χ1v) is 7.22. The maximum absolute atomic E-state index is 13.0. The van der Waals surface area contributed by atoms with Gasteiger partial charge in [-0.3, -0.25) is 9.59 Å². The zero-order chi connectivity index (χ0) is 15.4. The van der Waals surface area contributed by atoms with Crippen molar-refractivity contribution < 1.29 is 9.18 Å². The van der Waals surface area contributed by atoms with E-state index in [9.17, 15) is 14.0 Å². The number of nitrogens with zero attached hydrogens (tertiary/aromatic N) is 1. The highest BCUT2D eigenvalue weighted by atomic mass is 19.1. The average molecular weight is 296 g/mol. The highest BCUT2D eigenvalue weighted by Crippen LogP contribution is 2.09. The van der Waals surface area contributed by atoms with Gasteiger partial charge in [0, 0.05) is 36.8 Å². The third-order valence-electron chi connectivity index (χ3n) is 3.66. The Bertz CT molecular complexity index is 573. The number of aromatic amines is 1. The molecular formula is C14H21FN4O2. The summed E-state index contributed by atoms with van der Waals surface area (Å²) in [5.41, 5.74) is 0.693. The standard InChI is InChI=1S/C14H21FN4O2/c1-3-12-18-8(2)11(14(21)19-12)5-13(20)17-7-10-4-9(15)6-16-10/h9-10,16H,3-7H2,1-2H3,(H,17,20)(H,18,19,21)/t9-,10-/m0/s1. The molecule has 2 heterocycles. The lowest BCUT2D eigenvalue weighted by molar-refractivity contribution is -0.120. The average Bonchev–Trinajstić information content (AvgIpc) is 2.86. The molecule has 6 nitrogen and oxygen atoms in total. The van der Waals surface area contributed by atoms with Crippen molar-refractivity contribution in [2.45, 2.75) is 45.3 Å². The smallest absolute Gasteiger partial charge is 0.254 e. The number of aryl methyl sites for hydroxylation is 2. The Kier molecular flexibility index (Phi) is 5.06. The Morgan fingerprint density at radius 2 is 2.29 bits per heavy atom. The molecule has 0 saturated carbocycles. The number of halogens is 1. The first kappa shape index (κ1) is 15.6. The summed E-state index contributed by atoms with van der Waals surface area (Å²) in [6.07, 6.45) is 0.194. The molecule has 1 fully saturated rings. The molecular weight excluding hydrogens is 275 g/mol. The molecule has 116 valence electrons. The van der Waals surface area contributed by atoms with Crippen molar-refractivity contribution in [1.82, 2.24) is 20.6 Å². The maximum Gasteiger partial charge on any atom is 0.254 e. The van der Waals surface area contributed by atoms with E-state index in [4.69, 9.17) is 0 Å². The van der Waals surface area contributed by atoms with Crippen molar-refractivity contribution in [2.24, 2.45) is 0 Å². The van der Waals surface area contributed by atoms with Gasteiger partial charge in [-0.05, 0) is 13.3 Å². The summed E-state index contributed by atoms with van der Waals surface area (Å²) in [6.45, 7) is 4.33. The van der Waals surface area contributed by atoms with Gasteiger partial charge in [-0.25, -0.2) is 9.37 Å². The Balaban J connectivity index is 1.92.